The van der Waals surface area contributed by atoms with Crippen LogP contribution in [0, 0.1) is 10.1 Å². The van der Waals surface area contributed by atoms with Gasteiger partial charge >= 0.3 is 0 Å². The summed E-state index contributed by atoms with van der Waals surface area (Å²) >= 11 is 12.7. The third kappa shape index (κ3) is 2.85. The van der Waals surface area contributed by atoms with Gasteiger partial charge in [-0.15, -0.1) is 0 Å². The lowest BCUT2D eigenvalue weighted by Crippen LogP contribution is -1.89. The van der Waals surface area contributed by atoms with Crippen LogP contribution in [-0.4, -0.2) is 9.91 Å². The van der Waals surface area contributed by atoms with Gasteiger partial charge in [0.05, 0.1) is 9.95 Å². The summed E-state index contributed by atoms with van der Waals surface area (Å²) in [5, 5.41) is 12.9. The molecule has 0 aliphatic heterocycles. The van der Waals surface area contributed by atoms with E-state index in [1.807, 2.05) is 0 Å². The Hall–Kier alpha value is -1.37. The van der Waals surface area contributed by atoms with Gasteiger partial charge in [-0.05, 0) is 6.07 Å². The van der Waals surface area contributed by atoms with Crippen molar-refractivity contribution < 1.29 is 9.66 Å². The van der Waals surface area contributed by atoms with Crippen LogP contribution in [0.2, 0.25) is 10.2 Å². The van der Waals surface area contributed by atoms with Crippen molar-refractivity contribution in [2.24, 2.45) is 0 Å². The standard InChI is InChI=1S/C9H4Cl2N2O3S/c10-6-3-5(13(14)15)1-2-7(6)16-9-12-8(11)4-17-9/h1-4H. The molecule has 1 aromatic carbocycles. The Morgan fingerprint density at radius 2 is 2.18 bits per heavy atom. The van der Waals surface area contributed by atoms with Crippen molar-refractivity contribution >= 4 is 40.2 Å². The monoisotopic (exact) mass is 290 g/mol. The Morgan fingerprint density at radius 1 is 1.41 bits per heavy atom. The van der Waals surface area contributed by atoms with E-state index in [9.17, 15) is 10.1 Å². The highest BCUT2D eigenvalue weighted by atomic mass is 35.5. The van der Waals surface area contributed by atoms with Gasteiger partial charge in [-0.3, -0.25) is 10.1 Å². The SMILES string of the molecule is O=[N+]([O-])c1ccc(Oc2nc(Cl)cs2)c(Cl)c1. The van der Waals surface area contributed by atoms with E-state index in [4.69, 9.17) is 27.9 Å². The van der Waals surface area contributed by atoms with E-state index in [2.05, 4.69) is 4.98 Å². The highest BCUT2D eigenvalue weighted by Gasteiger charge is 2.12. The van der Waals surface area contributed by atoms with Crippen LogP contribution in [-0.2, 0) is 0 Å². The lowest BCUT2D eigenvalue weighted by molar-refractivity contribution is -0.384. The molecule has 8 heteroatoms. The number of ether oxygens (including phenoxy) is 1. The van der Waals surface area contributed by atoms with E-state index >= 15 is 0 Å². The van der Waals surface area contributed by atoms with Crippen LogP contribution >= 0.6 is 34.5 Å². The van der Waals surface area contributed by atoms with Crippen molar-refractivity contribution in [1.82, 2.24) is 4.98 Å². The molecule has 0 saturated carbocycles. The second-order valence-corrected chi connectivity index (χ2v) is 4.53. The highest BCUT2D eigenvalue weighted by Crippen LogP contribution is 2.34. The molecule has 2 rings (SSSR count). The molecule has 0 N–H and O–H groups in total. The number of hydrogen-bond acceptors (Lipinski definition) is 5. The predicted octanol–water partition coefficient (Wildman–Crippen LogP) is 4.15. The molecule has 0 fully saturated rings. The third-order valence-electron chi connectivity index (χ3n) is 1.78. The molecular formula is C9H4Cl2N2O3S. The molecule has 0 aliphatic rings. The van der Waals surface area contributed by atoms with Crippen molar-refractivity contribution in [2.75, 3.05) is 0 Å². The molecular weight excluding hydrogens is 287 g/mol. The van der Waals surface area contributed by atoms with Crippen molar-refractivity contribution in [3.05, 3.63) is 43.9 Å². The van der Waals surface area contributed by atoms with Crippen molar-refractivity contribution in [1.29, 1.82) is 0 Å². The molecule has 1 heterocycles. The smallest absolute Gasteiger partial charge is 0.280 e. The van der Waals surface area contributed by atoms with Crippen LogP contribution in [0.5, 0.6) is 10.9 Å². The fourth-order valence-electron chi connectivity index (χ4n) is 1.07. The first kappa shape index (κ1) is 12.1. The van der Waals surface area contributed by atoms with Gasteiger partial charge in [0.1, 0.15) is 10.9 Å². The van der Waals surface area contributed by atoms with E-state index in [0.717, 1.165) is 0 Å². The fraction of sp³-hybridized carbons (Fsp3) is 0. The maximum atomic E-state index is 10.5. The summed E-state index contributed by atoms with van der Waals surface area (Å²) in [5.41, 5.74) is -0.0977. The molecule has 17 heavy (non-hydrogen) atoms. The number of nitrogens with zero attached hydrogens (tertiary/aromatic N) is 2. The van der Waals surface area contributed by atoms with Gasteiger partial charge in [-0.25, -0.2) is 0 Å². The maximum absolute atomic E-state index is 10.5. The van der Waals surface area contributed by atoms with Gasteiger partial charge in [-0.2, -0.15) is 4.98 Å². The Bertz CT molecular complexity index is 573. The normalized spacial score (nSPS) is 10.2. The molecule has 0 aliphatic carbocycles. The molecule has 0 radical (unpaired) electrons. The Balaban J connectivity index is 2.25. The minimum Gasteiger partial charge on any atom is -0.429 e. The van der Waals surface area contributed by atoms with Crippen LogP contribution in [0.1, 0.15) is 0 Å². The number of benzene rings is 1. The second kappa shape index (κ2) is 4.87. The van der Waals surface area contributed by atoms with E-state index < -0.39 is 4.92 Å². The number of non-ortho nitro benzene ring substituents is 1. The zero-order chi connectivity index (χ0) is 12.4. The summed E-state index contributed by atoms with van der Waals surface area (Å²) in [4.78, 5) is 13.8. The van der Waals surface area contributed by atoms with Crippen LogP contribution in [0.4, 0.5) is 5.69 Å². The van der Waals surface area contributed by atoms with Crippen LogP contribution in [0.3, 0.4) is 0 Å². The van der Waals surface area contributed by atoms with Gasteiger partial charge in [0.15, 0.2) is 0 Å². The third-order valence-corrected chi connectivity index (χ3v) is 3.11. The zero-order valence-electron chi connectivity index (χ0n) is 8.09. The van der Waals surface area contributed by atoms with E-state index in [-0.39, 0.29) is 10.7 Å². The summed E-state index contributed by atoms with van der Waals surface area (Å²) in [6.07, 6.45) is 0. The van der Waals surface area contributed by atoms with Crippen LogP contribution in [0.15, 0.2) is 23.6 Å². The zero-order valence-corrected chi connectivity index (χ0v) is 10.4. The summed E-state index contributed by atoms with van der Waals surface area (Å²) in [7, 11) is 0. The quantitative estimate of drug-likeness (QED) is 0.629. The molecule has 88 valence electrons. The maximum Gasteiger partial charge on any atom is 0.280 e. The number of rotatable bonds is 3. The van der Waals surface area contributed by atoms with E-state index in [1.165, 1.54) is 29.5 Å². The molecule has 2 aromatic rings. The first-order valence-electron chi connectivity index (χ1n) is 4.29. The van der Waals surface area contributed by atoms with Gasteiger partial charge in [-0.1, -0.05) is 34.5 Å². The molecule has 0 bridgehead atoms. The Kier molecular flexibility index (Phi) is 3.46. The number of aromatic nitrogens is 1. The largest absolute Gasteiger partial charge is 0.429 e. The fourth-order valence-corrected chi connectivity index (χ4v) is 2.08. The Labute approximate surface area is 110 Å². The molecule has 0 atom stereocenters. The molecule has 0 spiro atoms. The van der Waals surface area contributed by atoms with E-state index in [0.29, 0.717) is 16.1 Å². The van der Waals surface area contributed by atoms with E-state index in [1.54, 1.807) is 5.38 Å². The topological polar surface area (TPSA) is 65.3 Å². The van der Waals surface area contributed by atoms with Crippen LogP contribution < -0.4 is 4.74 Å². The second-order valence-electron chi connectivity index (χ2n) is 2.91. The lowest BCUT2D eigenvalue weighted by Gasteiger charge is -2.03. The number of hydrogen-bond donors (Lipinski definition) is 0. The lowest BCUT2D eigenvalue weighted by atomic mass is 10.3. The number of nitro benzene ring substituents is 1. The average Bonchev–Trinajstić information content (AvgIpc) is 2.67. The van der Waals surface area contributed by atoms with Crippen LogP contribution in [0.25, 0.3) is 0 Å². The van der Waals surface area contributed by atoms with Crippen molar-refractivity contribution in [3.8, 4) is 10.9 Å². The summed E-state index contributed by atoms with van der Waals surface area (Å²) in [5.74, 6) is 0.295. The minimum absolute atomic E-state index is 0.0977. The van der Waals surface area contributed by atoms with Gasteiger partial charge in [0.25, 0.3) is 10.9 Å². The average molecular weight is 291 g/mol. The highest BCUT2D eigenvalue weighted by molar-refractivity contribution is 7.11. The first-order valence-corrected chi connectivity index (χ1v) is 5.92. The van der Waals surface area contributed by atoms with Crippen molar-refractivity contribution in [2.45, 2.75) is 0 Å². The summed E-state index contributed by atoms with van der Waals surface area (Å²) in [6.45, 7) is 0. The molecule has 0 saturated heterocycles. The number of nitro groups is 1. The molecule has 0 unspecified atom stereocenters. The van der Waals surface area contributed by atoms with Gasteiger partial charge in [0.2, 0.25) is 0 Å². The number of halogens is 2. The minimum atomic E-state index is -0.532. The predicted molar refractivity (Wildman–Crippen MR) is 65.3 cm³/mol. The molecule has 5 nitrogen and oxygen atoms in total. The van der Waals surface area contributed by atoms with Gasteiger partial charge in [0, 0.05) is 17.5 Å². The summed E-state index contributed by atoms with van der Waals surface area (Å²) in [6, 6.07) is 3.93. The molecule has 1 aromatic heterocycles. The van der Waals surface area contributed by atoms with Gasteiger partial charge < -0.3 is 4.74 Å². The summed E-state index contributed by atoms with van der Waals surface area (Å²) < 4.78 is 5.33. The van der Waals surface area contributed by atoms with Crippen molar-refractivity contribution in [3.63, 3.8) is 0 Å². The first-order chi connectivity index (χ1) is 8.06. The molecule has 0 amide bonds. The number of thiazole rings is 1. The Morgan fingerprint density at radius 3 is 2.71 bits per heavy atom.